The molecule has 0 saturated heterocycles. The van der Waals surface area contributed by atoms with E-state index < -0.39 is 18.2 Å². The van der Waals surface area contributed by atoms with Crippen LogP contribution in [0.1, 0.15) is 373 Å². The Morgan fingerprint density at radius 2 is 0.581 bits per heavy atom. The number of carbonyl (C=O) groups excluding carboxylic acids is 1. The summed E-state index contributed by atoms with van der Waals surface area (Å²) in [6.07, 6.45) is 85.0. The molecule has 1 amide bonds. The highest BCUT2D eigenvalue weighted by Gasteiger charge is 2.26. The number of hydrogen-bond donors (Lipinski definition) is 4. The third-order valence-corrected chi connectivity index (χ3v) is 16.0. The van der Waals surface area contributed by atoms with Crippen LogP contribution in [0.25, 0.3) is 0 Å². The standard InChI is InChI=1S/C69H133NO4/c1-3-5-7-9-11-13-15-17-19-21-23-25-26-27-28-29-30-31-32-33-34-35-36-37-38-39-40-41-42-44-46-48-50-52-54-56-58-60-62-64-68(73)70-66(65-71)69(74)67(72)63-61-59-57-55-53-51-49-47-45-43-24-22-20-18-16-14-12-10-8-6-4-2/h30-31,33-34,55,57,66-67,69,71-72,74H,3-29,32,35-54,56,58-65H2,1-2H3,(H,70,73)/b31-30-,34-33-,57-55+. The van der Waals surface area contributed by atoms with E-state index in [0.717, 1.165) is 44.9 Å². The van der Waals surface area contributed by atoms with Crippen molar-refractivity contribution in [3.8, 4) is 0 Å². The fourth-order valence-electron chi connectivity index (χ4n) is 10.8. The third kappa shape index (κ3) is 58.3. The van der Waals surface area contributed by atoms with Crippen molar-refractivity contribution in [1.29, 1.82) is 0 Å². The summed E-state index contributed by atoms with van der Waals surface area (Å²) < 4.78 is 0. The van der Waals surface area contributed by atoms with Crippen LogP contribution >= 0.6 is 0 Å². The second kappa shape index (κ2) is 64.1. The van der Waals surface area contributed by atoms with Crippen molar-refractivity contribution in [2.24, 2.45) is 0 Å². The molecule has 5 heteroatoms. The van der Waals surface area contributed by atoms with Crippen molar-refractivity contribution in [3.63, 3.8) is 0 Å². The molecule has 0 aromatic heterocycles. The molecule has 0 spiro atoms. The van der Waals surface area contributed by atoms with Crippen LogP contribution < -0.4 is 5.32 Å². The number of allylic oxidation sites excluding steroid dienone is 6. The molecule has 0 bridgehead atoms. The normalized spacial score (nSPS) is 13.3. The van der Waals surface area contributed by atoms with Crippen molar-refractivity contribution in [2.75, 3.05) is 6.61 Å². The van der Waals surface area contributed by atoms with Gasteiger partial charge in [-0.05, 0) is 70.6 Å². The van der Waals surface area contributed by atoms with Gasteiger partial charge >= 0.3 is 0 Å². The first-order valence-corrected chi connectivity index (χ1v) is 33.8. The highest BCUT2D eigenvalue weighted by Crippen LogP contribution is 2.19. The number of rotatable bonds is 63. The molecule has 3 atom stereocenters. The van der Waals surface area contributed by atoms with Gasteiger partial charge in [0.25, 0.3) is 0 Å². The van der Waals surface area contributed by atoms with E-state index in [1.807, 2.05) is 0 Å². The number of amides is 1. The molecular formula is C69H133NO4. The molecule has 4 N–H and O–H groups in total. The van der Waals surface area contributed by atoms with Crippen LogP contribution in [0.2, 0.25) is 0 Å². The summed E-state index contributed by atoms with van der Waals surface area (Å²) in [5.41, 5.74) is 0. The topological polar surface area (TPSA) is 89.8 Å². The number of nitrogens with one attached hydrogen (secondary N) is 1. The molecule has 438 valence electrons. The molecule has 0 rings (SSSR count). The molecule has 0 saturated carbocycles. The average Bonchev–Trinajstić information content (AvgIpc) is 3.41. The monoisotopic (exact) mass is 1040 g/mol. The van der Waals surface area contributed by atoms with Gasteiger partial charge in [-0.2, -0.15) is 0 Å². The smallest absolute Gasteiger partial charge is 0.220 e. The minimum Gasteiger partial charge on any atom is -0.394 e. The minimum absolute atomic E-state index is 0.148. The lowest BCUT2D eigenvalue weighted by atomic mass is 10.0. The number of unbranched alkanes of at least 4 members (excludes halogenated alkanes) is 49. The van der Waals surface area contributed by atoms with E-state index in [-0.39, 0.29) is 12.5 Å². The van der Waals surface area contributed by atoms with Crippen LogP contribution in [0.15, 0.2) is 36.5 Å². The molecule has 0 aromatic carbocycles. The lowest BCUT2D eigenvalue weighted by molar-refractivity contribution is -0.124. The van der Waals surface area contributed by atoms with Crippen LogP contribution in [0, 0.1) is 0 Å². The van der Waals surface area contributed by atoms with Crippen molar-refractivity contribution >= 4 is 5.91 Å². The highest BCUT2D eigenvalue weighted by molar-refractivity contribution is 5.76. The Balaban J connectivity index is 3.48. The van der Waals surface area contributed by atoms with Crippen LogP contribution in [0.4, 0.5) is 0 Å². The van der Waals surface area contributed by atoms with Gasteiger partial charge in [-0.3, -0.25) is 4.79 Å². The molecular weight excluding hydrogens is 907 g/mol. The van der Waals surface area contributed by atoms with Crippen LogP contribution in [0.5, 0.6) is 0 Å². The Kier molecular flexibility index (Phi) is 62.9. The van der Waals surface area contributed by atoms with Crippen LogP contribution in [0.3, 0.4) is 0 Å². The SMILES string of the molecule is CCCCCCCCCCCCCCCCC/C=C\C/C=C\CCCCCCCCCCCCCCCCCCCC(=O)NC(CO)C(O)C(O)CCC/C=C/CCCCCCCCCCCCCCCCCC. The predicted molar refractivity (Wildman–Crippen MR) is 328 cm³/mol. The molecule has 0 heterocycles. The minimum atomic E-state index is -1.16. The number of hydrogen-bond acceptors (Lipinski definition) is 4. The molecule has 3 unspecified atom stereocenters. The Labute approximate surface area is 464 Å². The maximum absolute atomic E-state index is 12.6. The Hall–Kier alpha value is -1.43. The first-order chi connectivity index (χ1) is 36.6. The quantitative estimate of drug-likeness (QED) is 0.0361. The van der Waals surface area contributed by atoms with E-state index in [0.29, 0.717) is 12.8 Å². The van der Waals surface area contributed by atoms with Gasteiger partial charge in [0.05, 0.1) is 18.8 Å². The maximum Gasteiger partial charge on any atom is 0.220 e. The molecule has 74 heavy (non-hydrogen) atoms. The first-order valence-electron chi connectivity index (χ1n) is 33.8. The Morgan fingerprint density at radius 3 is 0.865 bits per heavy atom. The van der Waals surface area contributed by atoms with Gasteiger partial charge in [0.15, 0.2) is 0 Å². The number of aliphatic hydroxyl groups excluding tert-OH is 3. The zero-order valence-electron chi connectivity index (χ0n) is 50.3. The Bertz CT molecular complexity index is 1150. The fraction of sp³-hybridized carbons (Fsp3) is 0.899. The molecule has 0 radical (unpaired) electrons. The molecule has 0 fully saturated rings. The van der Waals surface area contributed by atoms with E-state index in [1.165, 1.54) is 302 Å². The summed E-state index contributed by atoms with van der Waals surface area (Å²) in [4.78, 5) is 12.6. The largest absolute Gasteiger partial charge is 0.394 e. The summed E-state index contributed by atoms with van der Waals surface area (Å²) >= 11 is 0. The second-order valence-electron chi connectivity index (χ2n) is 23.4. The highest BCUT2D eigenvalue weighted by atomic mass is 16.3. The van der Waals surface area contributed by atoms with E-state index in [1.54, 1.807) is 0 Å². The van der Waals surface area contributed by atoms with Gasteiger partial charge in [-0.25, -0.2) is 0 Å². The van der Waals surface area contributed by atoms with Gasteiger partial charge < -0.3 is 20.6 Å². The van der Waals surface area contributed by atoms with E-state index in [2.05, 4.69) is 55.6 Å². The summed E-state index contributed by atoms with van der Waals surface area (Å²) in [6, 6.07) is -0.827. The van der Waals surface area contributed by atoms with E-state index >= 15 is 0 Å². The zero-order chi connectivity index (χ0) is 53.6. The molecule has 5 nitrogen and oxygen atoms in total. The summed E-state index contributed by atoms with van der Waals surface area (Å²) in [6.45, 7) is 4.21. The number of carbonyl (C=O) groups is 1. The van der Waals surface area contributed by atoms with Crippen LogP contribution in [-0.2, 0) is 4.79 Å². The van der Waals surface area contributed by atoms with Crippen molar-refractivity contribution in [3.05, 3.63) is 36.5 Å². The molecule has 0 aliphatic rings. The van der Waals surface area contributed by atoms with Crippen molar-refractivity contribution in [2.45, 2.75) is 392 Å². The third-order valence-electron chi connectivity index (χ3n) is 16.0. The lowest BCUT2D eigenvalue weighted by Gasteiger charge is -2.26. The summed E-state index contributed by atoms with van der Waals surface area (Å²) in [7, 11) is 0. The van der Waals surface area contributed by atoms with Gasteiger partial charge in [0.1, 0.15) is 6.10 Å². The first kappa shape index (κ1) is 72.6. The van der Waals surface area contributed by atoms with Crippen LogP contribution in [-0.4, -0.2) is 46.1 Å². The van der Waals surface area contributed by atoms with Crippen molar-refractivity contribution in [1.82, 2.24) is 5.32 Å². The van der Waals surface area contributed by atoms with E-state index in [9.17, 15) is 20.1 Å². The number of aliphatic hydroxyl groups is 3. The predicted octanol–water partition coefficient (Wildman–Crippen LogP) is 21.7. The van der Waals surface area contributed by atoms with Gasteiger partial charge in [0.2, 0.25) is 5.91 Å². The van der Waals surface area contributed by atoms with E-state index in [4.69, 9.17) is 0 Å². The van der Waals surface area contributed by atoms with Gasteiger partial charge in [-0.15, -0.1) is 0 Å². The Morgan fingerprint density at radius 1 is 0.338 bits per heavy atom. The van der Waals surface area contributed by atoms with Gasteiger partial charge in [0, 0.05) is 6.42 Å². The molecule has 0 aromatic rings. The summed E-state index contributed by atoms with van der Waals surface area (Å²) in [5, 5.41) is 33.8. The zero-order valence-corrected chi connectivity index (χ0v) is 50.3. The van der Waals surface area contributed by atoms with Crippen molar-refractivity contribution < 1.29 is 20.1 Å². The second-order valence-corrected chi connectivity index (χ2v) is 23.4. The fourth-order valence-corrected chi connectivity index (χ4v) is 10.8. The van der Waals surface area contributed by atoms with Gasteiger partial charge in [-0.1, -0.05) is 333 Å². The molecule has 0 aliphatic heterocycles. The summed E-state index contributed by atoms with van der Waals surface area (Å²) in [5.74, 6) is -0.148. The average molecular weight is 1040 g/mol. The lowest BCUT2D eigenvalue weighted by Crippen LogP contribution is -2.50. The maximum atomic E-state index is 12.6. The molecule has 0 aliphatic carbocycles.